The van der Waals surface area contributed by atoms with Gasteiger partial charge in [-0.1, -0.05) is 12.1 Å². The third kappa shape index (κ3) is 6.01. The summed E-state index contributed by atoms with van der Waals surface area (Å²) < 4.78 is 0. The van der Waals surface area contributed by atoms with Crippen LogP contribution in [0.4, 0.5) is 5.69 Å². The first-order valence-electron chi connectivity index (χ1n) is 12.4. The van der Waals surface area contributed by atoms with Crippen molar-refractivity contribution in [3.8, 4) is 6.07 Å². The Kier molecular flexibility index (Phi) is 7.57. The van der Waals surface area contributed by atoms with Gasteiger partial charge in [-0.2, -0.15) is 5.26 Å². The molecule has 0 bridgehead atoms. The van der Waals surface area contributed by atoms with Gasteiger partial charge in [0.25, 0.3) is 5.91 Å². The van der Waals surface area contributed by atoms with Crippen LogP contribution < -0.4 is 10.6 Å². The number of aromatic amines is 1. The minimum absolute atomic E-state index is 0.0261. The molecule has 4 rings (SSSR count). The molecule has 2 aliphatic heterocycles. The van der Waals surface area contributed by atoms with E-state index in [0.29, 0.717) is 24.7 Å². The summed E-state index contributed by atoms with van der Waals surface area (Å²) in [5.74, 6) is 0.251. The molecule has 0 unspecified atom stereocenters. The Balaban J connectivity index is 1.56. The summed E-state index contributed by atoms with van der Waals surface area (Å²) in [7, 11) is 3.83. The van der Waals surface area contributed by atoms with Crippen LogP contribution in [-0.4, -0.2) is 77.4 Å². The van der Waals surface area contributed by atoms with Gasteiger partial charge in [-0.25, -0.2) is 4.98 Å². The zero-order chi connectivity index (χ0) is 25.9. The van der Waals surface area contributed by atoms with Crippen LogP contribution in [0, 0.1) is 11.3 Å². The topological polar surface area (TPSA) is 117 Å². The lowest BCUT2D eigenvalue weighted by Crippen LogP contribution is -2.42. The van der Waals surface area contributed by atoms with Gasteiger partial charge in [-0.15, -0.1) is 0 Å². The highest BCUT2D eigenvalue weighted by Gasteiger charge is 2.27. The molecule has 1 saturated heterocycles. The summed E-state index contributed by atoms with van der Waals surface area (Å²) >= 11 is 0. The molecule has 0 aliphatic carbocycles. The van der Waals surface area contributed by atoms with Crippen molar-refractivity contribution in [2.75, 3.05) is 45.6 Å². The highest BCUT2D eigenvalue weighted by molar-refractivity contribution is 6.03. The van der Waals surface area contributed by atoms with Crippen LogP contribution in [0.1, 0.15) is 66.5 Å². The predicted molar refractivity (Wildman–Crippen MR) is 139 cm³/mol. The van der Waals surface area contributed by atoms with Gasteiger partial charge >= 0.3 is 0 Å². The number of likely N-dealkylation sites (tertiary alicyclic amines) is 1. The molecule has 0 atom stereocenters. The molecule has 0 radical (unpaired) electrons. The highest BCUT2D eigenvalue weighted by Crippen LogP contribution is 2.35. The van der Waals surface area contributed by atoms with Crippen molar-refractivity contribution in [3.05, 3.63) is 53.1 Å². The molecule has 9 nitrogen and oxygen atoms in total. The molecule has 1 fully saturated rings. The number of imidazole rings is 1. The number of nitrogens with zero attached hydrogens (tertiary/aromatic N) is 4. The van der Waals surface area contributed by atoms with Crippen LogP contribution in [0.2, 0.25) is 0 Å². The lowest BCUT2D eigenvalue weighted by molar-refractivity contribution is -0.132. The molecular formula is C27H35N7O2. The van der Waals surface area contributed by atoms with Gasteiger partial charge in [0.15, 0.2) is 5.82 Å². The van der Waals surface area contributed by atoms with Crippen LogP contribution in [-0.2, 0) is 4.79 Å². The number of likely N-dealkylation sites (N-methyl/N-ethyl adjacent to an activating group) is 1. The van der Waals surface area contributed by atoms with Gasteiger partial charge in [-0.3, -0.25) is 9.59 Å². The Morgan fingerprint density at radius 1 is 1.28 bits per heavy atom. The van der Waals surface area contributed by atoms with E-state index in [1.54, 1.807) is 0 Å². The van der Waals surface area contributed by atoms with Gasteiger partial charge in [0, 0.05) is 36.4 Å². The zero-order valence-electron chi connectivity index (χ0n) is 21.5. The largest absolute Gasteiger partial charge is 0.342 e. The van der Waals surface area contributed by atoms with E-state index in [1.165, 1.54) is 11.8 Å². The molecular weight excluding hydrogens is 454 g/mol. The van der Waals surface area contributed by atoms with Crippen molar-refractivity contribution in [3.63, 3.8) is 0 Å². The number of hydrogen-bond donors (Lipinski definition) is 3. The number of benzene rings is 1. The third-order valence-electron chi connectivity index (χ3n) is 6.94. The lowest BCUT2D eigenvalue weighted by Gasteiger charge is -2.34. The summed E-state index contributed by atoms with van der Waals surface area (Å²) in [6.07, 6.45) is 6.31. The zero-order valence-corrected chi connectivity index (χ0v) is 21.5. The highest BCUT2D eigenvalue weighted by atomic mass is 16.2. The second kappa shape index (κ2) is 10.6. The van der Waals surface area contributed by atoms with Crippen molar-refractivity contribution in [1.82, 2.24) is 25.1 Å². The number of carbonyl (C=O) groups is 2. The smallest absolute Gasteiger partial charge is 0.291 e. The van der Waals surface area contributed by atoms with Crippen LogP contribution in [0.25, 0.3) is 5.57 Å². The average molecular weight is 490 g/mol. The first-order valence-corrected chi connectivity index (χ1v) is 12.4. The van der Waals surface area contributed by atoms with E-state index in [2.05, 4.69) is 52.7 Å². The summed E-state index contributed by atoms with van der Waals surface area (Å²) in [5, 5.41) is 15.6. The summed E-state index contributed by atoms with van der Waals surface area (Å²) in [4.78, 5) is 35.9. The molecule has 1 aromatic heterocycles. The van der Waals surface area contributed by atoms with Crippen molar-refractivity contribution in [1.29, 1.82) is 5.26 Å². The summed E-state index contributed by atoms with van der Waals surface area (Å²) in [6, 6.07) is 8.18. The molecule has 2 amide bonds. The van der Waals surface area contributed by atoms with E-state index >= 15 is 0 Å². The van der Waals surface area contributed by atoms with E-state index < -0.39 is 0 Å². The maximum Gasteiger partial charge on any atom is 0.291 e. The monoisotopic (exact) mass is 489 g/mol. The van der Waals surface area contributed by atoms with Gasteiger partial charge in [0.05, 0.1) is 12.7 Å². The Morgan fingerprint density at radius 2 is 2.03 bits per heavy atom. The van der Waals surface area contributed by atoms with Gasteiger partial charge in [0.1, 0.15) is 11.8 Å². The van der Waals surface area contributed by atoms with Gasteiger partial charge in [0.2, 0.25) is 5.91 Å². The van der Waals surface area contributed by atoms with E-state index in [-0.39, 0.29) is 28.9 Å². The molecule has 3 heterocycles. The van der Waals surface area contributed by atoms with E-state index in [0.717, 1.165) is 43.5 Å². The van der Waals surface area contributed by atoms with E-state index in [1.807, 2.05) is 36.0 Å². The van der Waals surface area contributed by atoms with Crippen LogP contribution in [0.3, 0.4) is 0 Å². The maximum absolute atomic E-state index is 12.9. The minimum atomic E-state index is -0.386. The van der Waals surface area contributed by atoms with Crippen molar-refractivity contribution in [2.45, 2.75) is 44.6 Å². The van der Waals surface area contributed by atoms with Crippen LogP contribution in [0.15, 0.2) is 30.5 Å². The standard InChI is InChI=1S/C27H35N7O2/c1-27(2)10-7-20(15-30-27)22-13-19(18-8-11-34(12-9-18)24(35)17-33(3)4)5-6-23(22)32-26(36)25-29-16-21(14-28)31-25/h5-7,13,16,18,30H,8-12,15,17H2,1-4H3,(H,29,31)(H,32,36). The SMILES string of the molecule is CN(C)CC(=O)N1CCC(c2ccc(NC(=O)c3ncc(C#N)[nH]3)c(C3=CCC(C)(C)NC3)c2)CC1. The molecule has 2 aliphatic rings. The van der Waals surface area contributed by atoms with Crippen molar-refractivity contribution in [2.24, 2.45) is 0 Å². The van der Waals surface area contributed by atoms with Crippen molar-refractivity contribution < 1.29 is 9.59 Å². The molecule has 36 heavy (non-hydrogen) atoms. The fourth-order valence-electron chi connectivity index (χ4n) is 4.76. The molecule has 9 heteroatoms. The molecule has 3 N–H and O–H groups in total. The summed E-state index contributed by atoms with van der Waals surface area (Å²) in [6.45, 7) is 7.00. The Labute approximate surface area is 212 Å². The Bertz CT molecular complexity index is 1200. The minimum Gasteiger partial charge on any atom is -0.342 e. The molecule has 190 valence electrons. The number of piperidine rings is 1. The number of hydrogen-bond acceptors (Lipinski definition) is 6. The molecule has 2 aromatic rings. The quantitative estimate of drug-likeness (QED) is 0.574. The maximum atomic E-state index is 12.9. The molecule has 0 saturated carbocycles. The number of amides is 2. The number of carbonyl (C=O) groups excluding carboxylic acids is 2. The van der Waals surface area contributed by atoms with Crippen LogP contribution in [0.5, 0.6) is 0 Å². The summed E-state index contributed by atoms with van der Waals surface area (Å²) in [5.41, 5.74) is 4.33. The first-order chi connectivity index (χ1) is 17.1. The predicted octanol–water partition coefficient (Wildman–Crippen LogP) is 2.96. The van der Waals surface area contributed by atoms with Crippen molar-refractivity contribution >= 4 is 23.1 Å². The second-order valence-corrected chi connectivity index (χ2v) is 10.6. The second-order valence-electron chi connectivity index (χ2n) is 10.6. The fourth-order valence-corrected chi connectivity index (χ4v) is 4.76. The number of rotatable bonds is 6. The average Bonchev–Trinajstić information content (AvgIpc) is 3.34. The number of anilines is 1. The number of H-pyrrole nitrogens is 1. The van der Waals surface area contributed by atoms with E-state index in [9.17, 15) is 9.59 Å². The number of nitrogens with one attached hydrogen (secondary N) is 3. The molecule has 1 aromatic carbocycles. The molecule has 0 spiro atoms. The van der Waals surface area contributed by atoms with Gasteiger partial charge < -0.3 is 25.4 Å². The van der Waals surface area contributed by atoms with Gasteiger partial charge in [-0.05, 0) is 76.4 Å². The first kappa shape index (κ1) is 25.6. The third-order valence-corrected chi connectivity index (χ3v) is 6.94. The normalized spacial score (nSPS) is 18.0. The Morgan fingerprint density at radius 3 is 2.64 bits per heavy atom. The van der Waals surface area contributed by atoms with E-state index in [4.69, 9.17) is 5.26 Å². The van der Waals surface area contributed by atoms with Crippen LogP contribution >= 0.6 is 0 Å². The number of nitriles is 1. The number of aromatic nitrogens is 2. The fraction of sp³-hybridized carbons (Fsp3) is 0.481. The lowest BCUT2D eigenvalue weighted by atomic mass is 9.85. The Hall–Kier alpha value is -3.48.